The number of nitrogens with one attached hydrogen (secondary N) is 1. The second-order valence-corrected chi connectivity index (χ2v) is 6.28. The molecule has 24 heavy (non-hydrogen) atoms. The predicted molar refractivity (Wildman–Crippen MR) is 89.7 cm³/mol. The molecule has 0 aliphatic carbocycles. The van der Waals surface area contributed by atoms with Crippen molar-refractivity contribution in [2.24, 2.45) is 5.92 Å². The number of piperidine rings is 1. The molecule has 0 atom stereocenters. The molecule has 8 nitrogen and oxygen atoms in total. The van der Waals surface area contributed by atoms with Crippen molar-refractivity contribution in [2.75, 3.05) is 24.5 Å². The van der Waals surface area contributed by atoms with Crippen LogP contribution in [0.3, 0.4) is 0 Å². The Morgan fingerprint density at radius 3 is 2.75 bits per heavy atom. The molecule has 0 radical (unpaired) electrons. The van der Waals surface area contributed by atoms with Gasteiger partial charge in [0.2, 0.25) is 0 Å². The Hall–Kier alpha value is -2.51. The topological polar surface area (TPSA) is 88.8 Å². The quantitative estimate of drug-likeness (QED) is 0.882. The van der Waals surface area contributed by atoms with Gasteiger partial charge in [0.15, 0.2) is 0 Å². The van der Waals surface area contributed by atoms with Crippen molar-refractivity contribution in [3.05, 3.63) is 29.7 Å². The predicted octanol–water partition coefficient (Wildman–Crippen LogP) is 1.04. The van der Waals surface area contributed by atoms with Gasteiger partial charge in [-0.1, -0.05) is 6.92 Å². The van der Waals surface area contributed by atoms with Gasteiger partial charge in [-0.25, -0.2) is 9.67 Å². The minimum absolute atomic E-state index is 0.132. The Kier molecular flexibility index (Phi) is 5.02. The van der Waals surface area contributed by atoms with Crippen molar-refractivity contribution in [1.29, 1.82) is 0 Å². The molecule has 0 bridgehead atoms. The van der Waals surface area contributed by atoms with E-state index in [0.717, 1.165) is 30.6 Å². The van der Waals surface area contributed by atoms with Crippen LogP contribution in [-0.4, -0.2) is 50.7 Å². The average molecular weight is 329 g/mol. The number of amides is 1. The molecule has 1 fully saturated rings. The number of aryl methyl sites for hydroxylation is 1. The number of rotatable bonds is 5. The van der Waals surface area contributed by atoms with Crippen LogP contribution in [0.5, 0.6) is 0 Å². The van der Waals surface area contributed by atoms with Gasteiger partial charge in [0.25, 0.3) is 5.91 Å². The fourth-order valence-corrected chi connectivity index (χ4v) is 2.78. The first-order chi connectivity index (χ1) is 11.6. The molecule has 0 aromatic carbocycles. The zero-order chi connectivity index (χ0) is 16.9. The number of hydrogen-bond donors (Lipinski definition) is 1. The molecule has 128 valence electrons. The van der Waals surface area contributed by atoms with E-state index in [0.29, 0.717) is 18.7 Å². The van der Waals surface area contributed by atoms with Gasteiger partial charge in [0, 0.05) is 25.8 Å². The number of pyridine rings is 1. The Morgan fingerprint density at radius 1 is 1.33 bits per heavy atom. The first-order valence-corrected chi connectivity index (χ1v) is 8.35. The standard InChI is InChI=1S/C16H23N7O/c1-12-5-8-22(9-6-12)15-4-3-14(11-18-15)16(24)17-7-10-23-13(2)19-20-21-23/h3-4,11-12H,5-10H2,1-2H3,(H,17,24). The second kappa shape index (κ2) is 7.37. The Bertz CT molecular complexity index is 674. The molecule has 1 N–H and O–H groups in total. The highest BCUT2D eigenvalue weighted by molar-refractivity contribution is 5.94. The van der Waals surface area contributed by atoms with E-state index in [9.17, 15) is 4.79 Å². The highest BCUT2D eigenvalue weighted by atomic mass is 16.1. The van der Waals surface area contributed by atoms with Crippen molar-refractivity contribution < 1.29 is 4.79 Å². The summed E-state index contributed by atoms with van der Waals surface area (Å²) in [7, 11) is 0. The minimum Gasteiger partial charge on any atom is -0.357 e. The van der Waals surface area contributed by atoms with Crippen LogP contribution >= 0.6 is 0 Å². The third kappa shape index (κ3) is 3.87. The fourth-order valence-electron chi connectivity index (χ4n) is 2.78. The molecular weight excluding hydrogens is 306 g/mol. The van der Waals surface area contributed by atoms with Crippen LogP contribution in [0.2, 0.25) is 0 Å². The van der Waals surface area contributed by atoms with Crippen LogP contribution < -0.4 is 10.2 Å². The number of hydrogen-bond acceptors (Lipinski definition) is 6. The fraction of sp³-hybridized carbons (Fsp3) is 0.562. The molecule has 3 heterocycles. The van der Waals surface area contributed by atoms with E-state index < -0.39 is 0 Å². The lowest BCUT2D eigenvalue weighted by atomic mass is 9.99. The van der Waals surface area contributed by atoms with E-state index in [1.165, 1.54) is 12.8 Å². The third-order valence-corrected chi connectivity index (χ3v) is 4.44. The lowest BCUT2D eigenvalue weighted by Gasteiger charge is -2.31. The summed E-state index contributed by atoms with van der Waals surface area (Å²) in [6.07, 6.45) is 4.03. The van der Waals surface area contributed by atoms with Crippen LogP contribution in [0.4, 0.5) is 5.82 Å². The molecule has 1 amide bonds. The number of carbonyl (C=O) groups excluding carboxylic acids is 1. The smallest absolute Gasteiger partial charge is 0.252 e. The van der Waals surface area contributed by atoms with Crippen LogP contribution in [0.15, 0.2) is 18.3 Å². The lowest BCUT2D eigenvalue weighted by molar-refractivity contribution is 0.0951. The van der Waals surface area contributed by atoms with Gasteiger partial charge in [-0.05, 0) is 48.2 Å². The SMILES string of the molecule is Cc1nnnn1CCNC(=O)c1ccc(N2CCC(C)CC2)nc1. The van der Waals surface area contributed by atoms with Gasteiger partial charge in [0.05, 0.1) is 12.1 Å². The van der Waals surface area contributed by atoms with Gasteiger partial charge in [-0.2, -0.15) is 0 Å². The van der Waals surface area contributed by atoms with Crippen molar-refractivity contribution in [3.8, 4) is 0 Å². The zero-order valence-corrected chi connectivity index (χ0v) is 14.1. The van der Waals surface area contributed by atoms with Gasteiger partial charge in [0.1, 0.15) is 11.6 Å². The maximum atomic E-state index is 12.2. The molecule has 2 aromatic rings. The average Bonchev–Trinajstić information content (AvgIpc) is 3.01. The van der Waals surface area contributed by atoms with E-state index in [1.807, 2.05) is 19.1 Å². The monoisotopic (exact) mass is 329 g/mol. The van der Waals surface area contributed by atoms with Crippen LogP contribution in [0, 0.1) is 12.8 Å². The summed E-state index contributed by atoms with van der Waals surface area (Å²) in [6, 6.07) is 3.76. The molecule has 1 saturated heterocycles. The van der Waals surface area contributed by atoms with E-state index >= 15 is 0 Å². The van der Waals surface area contributed by atoms with E-state index in [2.05, 4.69) is 37.6 Å². The van der Waals surface area contributed by atoms with Crippen LogP contribution in [0.1, 0.15) is 35.9 Å². The molecule has 1 aliphatic rings. The molecule has 2 aromatic heterocycles. The first-order valence-electron chi connectivity index (χ1n) is 8.35. The van der Waals surface area contributed by atoms with Gasteiger partial charge < -0.3 is 10.2 Å². The summed E-state index contributed by atoms with van der Waals surface area (Å²) in [5, 5.41) is 14.1. The summed E-state index contributed by atoms with van der Waals surface area (Å²) in [5.74, 6) is 2.33. The number of tetrazole rings is 1. The van der Waals surface area contributed by atoms with Gasteiger partial charge in [-0.15, -0.1) is 5.10 Å². The summed E-state index contributed by atoms with van der Waals surface area (Å²) < 4.78 is 1.65. The van der Waals surface area contributed by atoms with Gasteiger partial charge >= 0.3 is 0 Å². The molecule has 1 aliphatic heterocycles. The third-order valence-electron chi connectivity index (χ3n) is 4.44. The van der Waals surface area contributed by atoms with E-state index in [1.54, 1.807) is 10.9 Å². The molecule has 0 unspecified atom stereocenters. The first kappa shape index (κ1) is 16.4. The van der Waals surface area contributed by atoms with Crippen molar-refractivity contribution in [1.82, 2.24) is 30.5 Å². The Labute approximate surface area is 141 Å². The number of anilines is 1. The second-order valence-electron chi connectivity index (χ2n) is 6.28. The minimum atomic E-state index is -0.132. The van der Waals surface area contributed by atoms with Crippen LogP contribution in [0.25, 0.3) is 0 Å². The summed E-state index contributed by atoms with van der Waals surface area (Å²) in [6.45, 7) is 7.19. The summed E-state index contributed by atoms with van der Waals surface area (Å²) in [5.41, 5.74) is 0.567. The highest BCUT2D eigenvalue weighted by Crippen LogP contribution is 2.21. The highest BCUT2D eigenvalue weighted by Gasteiger charge is 2.17. The molecule has 3 rings (SSSR count). The number of aromatic nitrogens is 5. The van der Waals surface area contributed by atoms with Crippen molar-refractivity contribution in [3.63, 3.8) is 0 Å². The Balaban J connectivity index is 1.51. The number of nitrogens with zero attached hydrogens (tertiary/aromatic N) is 6. The molecule has 0 spiro atoms. The van der Waals surface area contributed by atoms with Crippen molar-refractivity contribution in [2.45, 2.75) is 33.2 Å². The lowest BCUT2D eigenvalue weighted by Crippen LogP contribution is -2.33. The van der Waals surface area contributed by atoms with E-state index in [4.69, 9.17) is 0 Å². The van der Waals surface area contributed by atoms with Gasteiger partial charge in [-0.3, -0.25) is 4.79 Å². The van der Waals surface area contributed by atoms with E-state index in [-0.39, 0.29) is 5.91 Å². The zero-order valence-electron chi connectivity index (χ0n) is 14.1. The largest absolute Gasteiger partial charge is 0.357 e. The van der Waals surface area contributed by atoms with Crippen molar-refractivity contribution >= 4 is 11.7 Å². The normalized spacial score (nSPS) is 15.5. The molecule has 8 heteroatoms. The number of carbonyl (C=O) groups is 1. The Morgan fingerprint density at radius 2 is 2.12 bits per heavy atom. The maximum absolute atomic E-state index is 12.2. The van der Waals surface area contributed by atoms with Crippen LogP contribution in [-0.2, 0) is 6.54 Å². The molecule has 0 saturated carbocycles. The summed E-state index contributed by atoms with van der Waals surface area (Å²) in [4.78, 5) is 18.9. The summed E-state index contributed by atoms with van der Waals surface area (Å²) >= 11 is 0. The maximum Gasteiger partial charge on any atom is 0.252 e. The molecular formula is C16H23N7O.